The van der Waals surface area contributed by atoms with Gasteiger partial charge < -0.3 is 14.4 Å². The molecule has 0 bridgehead atoms. The minimum Gasteiger partial charge on any atom is -0.496 e. The number of methoxy groups -OCH3 is 1. The lowest BCUT2D eigenvalue weighted by Crippen LogP contribution is -2.31. The number of carboxylic acid groups (broad SMARTS) is 1. The highest BCUT2D eigenvalue weighted by atomic mass is 16.5. The summed E-state index contributed by atoms with van der Waals surface area (Å²) >= 11 is 0. The summed E-state index contributed by atoms with van der Waals surface area (Å²) in [6.45, 7) is 2.07. The molecule has 1 unspecified atom stereocenters. The summed E-state index contributed by atoms with van der Waals surface area (Å²) in [5, 5.41) is 13.7. The van der Waals surface area contributed by atoms with Crippen molar-refractivity contribution in [3.63, 3.8) is 0 Å². The van der Waals surface area contributed by atoms with Gasteiger partial charge in [-0.15, -0.1) is 0 Å². The van der Waals surface area contributed by atoms with E-state index in [1.165, 1.54) is 7.11 Å². The molecule has 3 rings (SSSR count). The number of likely N-dealkylation sites (N-methyl/N-ethyl adjacent to an activating group) is 1. The zero-order chi connectivity index (χ0) is 19.4. The number of benzene rings is 1. The maximum Gasteiger partial charge on any atom is 0.325 e. The lowest BCUT2D eigenvalue weighted by Gasteiger charge is -2.25. The van der Waals surface area contributed by atoms with Gasteiger partial charge >= 0.3 is 5.97 Å². The Labute approximate surface area is 156 Å². The van der Waals surface area contributed by atoms with Crippen LogP contribution in [0.15, 0.2) is 47.2 Å². The smallest absolute Gasteiger partial charge is 0.325 e. The van der Waals surface area contributed by atoms with Crippen molar-refractivity contribution in [2.45, 2.75) is 19.5 Å². The first-order valence-corrected chi connectivity index (χ1v) is 8.30. The van der Waals surface area contributed by atoms with E-state index in [0.717, 1.165) is 11.1 Å². The molecule has 0 aliphatic carbocycles. The average Bonchev–Trinajstić information content (AvgIpc) is 3.11. The minimum atomic E-state index is -0.992. The van der Waals surface area contributed by atoms with E-state index in [-0.39, 0.29) is 6.54 Å². The predicted octanol–water partition coefficient (Wildman–Crippen LogP) is 2.71. The molecule has 0 saturated carbocycles. The van der Waals surface area contributed by atoms with E-state index >= 15 is 0 Å². The molecule has 2 aromatic heterocycles. The summed E-state index contributed by atoms with van der Waals surface area (Å²) in [6, 6.07) is 8.13. The topological polar surface area (TPSA) is 102 Å². The number of hydrogen-bond acceptors (Lipinski definition) is 7. The van der Waals surface area contributed by atoms with Gasteiger partial charge in [0.1, 0.15) is 11.8 Å². The van der Waals surface area contributed by atoms with Gasteiger partial charge in [0.15, 0.2) is 0 Å². The van der Waals surface area contributed by atoms with Crippen LogP contribution in [0.5, 0.6) is 5.75 Å². The molecule has 1 aromatic carbocycles. The quantitative estimate of drug-likeness (QED) is 0.679. The van der Waals surface area contributed by atoms with Crippen LogP contribution in [-0.4, -0.2) is 45.3 Å². The highest BCUT2D eigenvalue weighted by Gasteiger charge is 2.29. The summed E-state index contributed by atoms with van der Waals surface area (Å²) in [6.07, 6.45) is 3.29. The largest absolute Gasteiger partial charge is 0.496 e. The summed E-state index contributed by atoms with van der Waals surface area (Å²) in [7, 11) is 3.21. The van der Waals surface area contributed by atoms with Crippen LogP contribution in [0.3, 0.4) is 0 Å². The van der Waals surface area contributed by atoms with Gasteiger partial charge in [-0.1, -0.05) is 22.9 Å². The van der Waals surface area contributed by atoms with Gasteiger partial charge in [0.25, 0.3) is 0 Å². The van der Waals surface area contributed by atoms with E-state index in [4.69, 9.17) is 9.26 Å². The van der Waals surface area contributed by atoms with Crippen LogP contribution in [0.2, 0.25) is 0 Å². The molecule has 0 spiro atoms. The first kappa shape index (κ1) is 18.5. The van der Waals surface area contributed by atoms with Gasteiger partial charge in [-0.05, 0) is 32.2 Å². The van der Waals surface area contributed by atoms with Crippen molar-refractivity contribution in [3.05, 3.63) is 59.7 Å². The van der Waals surface area contributed by atoms with Crippen molar-refractivity contribution in [1.82, 2.24) is 20.0 Å². The number of pyridine rings is 1. The van der Waals surface area contributed by atoms with Crippen molar-refractivity contribution in [2.24, 2.45) is 0 Å². The van der Waals surface area contributed by atoms with Gasteiger partial charge in [-0.3, -0.25) is 14.7 Å². The van der Waals surface area contributed by atoms with Crippen LogP contribution >= 0.6 is 0 Å². The molecule has 1 atom stereocenters. The molecule has 1 N–H and O–H groups in total. The number of aromatic nitrogens is 3. The third kappa shape index (κ3) is 4.12. The monoisotopic (exact) mass is 368 g/mol. The normalized spacial score (nSPS) is 12.1. The molecule has 2 heterocycles. The van der Waals surface area contributed by atoms with Crippen LogP contribution in [0, 0.1) is 6.92 Å². The lowest BCUT2D eigenvalue weighted by atomic mass is 10.0. The number of carbonyl (C=O) groups is 1. The molecule has 3 aromatic rings. The van der Waals surface area contributed by atoms with Crippen LogP contribution in [0.25, 0.3) is 11.4 Å². The maximum atomic E-state index is 12.0. The number of hydrogen-bond donors (Lipinski definition) is 1. The van der Waals surface area contributed by atoms with Crippen molar-refractivity contribution in [2.75, 3.05) is 14.2 Å². The van der Waals surface area contributed by atoms with E-state index in [0.29, 0.717) is 23.0 Å². The van der Waals surface area contributed by atoms with E-state index < -0.39 is 12.0 Å². The zero-order valence-electron chi connectivity index (χ0n) is 15.3. The van der Waals surface area contributed by atoms with Crippen molar-refractivity contribution in [1.29, 1.82) is 0 Å². The van der Waals surface area contributed by atoms with E-state index in [2.05, 4.69) is 15.1 Å². The molecule has 0 fully saturated rings. The standard InChI is InChI=1S/C19H20N4O4/c1-12-6-7-15(26-3)14(9-12)17(19(24)25)23(2)11-16-21-18(22-27-16)13-5-4-8-20-10-13/h4-10,17H,11H2,1-3H3,(H,24,25). The Hall–Kier alpha value is -3.26. The Morgan fingerprint density at radius 3 is 2.85 bits per heavy atom. The molecule has 27 heavy (non-hydrogen) atoms. The first-order chi connectivity index (χ1) is 13.0. The van der Waals surface area contributed by atoms with Gasteiger partial charge in [-0.2, -0.15) is 4.98 Å². The highest BCUT2D eigenvalue weighted by molar-refractivity contribution is 5.76. The Kier molecular flexibility index (Phi) is 5.46. The number of rotatable bonds is 7. The SMILES string of the molecule is COc1ccc(C)cc1C(C(=O)O)N(C)Cc1nc(-c2cccnc2)no1. The van der Waals surface area contributed by atoms with Crippen LogP contribution in [0.1, 0.15) is 23.1 Å². The second-order valence-electron chi connectivity index (χ2n) is 6.15. The minimum absolute atomic E-state index is 0.168. The fourth-order valence-electron chi connectivity index (χ4n) is 2.86. The van der Waals surface area contributed by atoms with Gasteiger partial charge in [0.05, 0.1) is 13.7 Å². The Bertz CT molecular complexity index is 926. The number of aryl methyl sites for hydroxylation is 1. The fourth-order valence-corrected chi connectivity index (χ4v) is 2.86. The van der Waals surface area contributed by atoms with Gasteiger partial charge in [-0.25, -0.2) is 0 Å². The molecule has 0 radical (unpaired) electrons. The average molecular weight is 368 g/mol. The molecule has 0 aliphatic rings. The highest BCUT2D eigenvalue weighted by Crippen LogP contribution is 2.31. The molecule has 0 aliphatic heterocycles. The number of nitrogens with zero attached hydrogens (tertiary/aromatic N) is 4. The molecular formula is C19H20N4O4. The Morgan fingerprint density at radius 2 is 2.19 bits per heavy atom. The molecule has 0 saturated heterocycles. The molecule has 140 valence electrons. The summed E-state index contributed by atoms with van der Waals surface area (Å²) in [5.74, 6) is 0.246. The van der Waals surface area contributed by atoms with Gasteiger partial charge in [0.2, 0.25) is 11.7 Å². The van der Waals surface area contributed by atoms with E-state index in [1.807, 2.05) is 25.1 Å². The summed E-state index contributed by atoms with van der Waals surface area (Å²) in [4.78, 5) is 21.9. The van der Waals surface area contributed by atoms with Gasteiger partial charge in [0, 0.05) is 23.5 Å². The Morgan fingerprint density at radius 1 is 1.37 bits per heavy atom. The molecular weight excluding hydrogens is 348 g/mol. The number of carboxylic acids is 1. The zero-order valence-corrected chi connectivity index (χ0v) is 15.3. The predicted molar refractivity (Wildman–Crippen MR) is 97.1 cm³/mol. The van der Waals surface area contributed by atoms with Crippen LogP contribution < -0.4 is 4.74 Å². The van der Waals surface area contributed by atoms with E-state index in [1.54, 1.807) is 36.5 Å². The number of aliphatic carboxylic acids is 1. The van der Waals surface area contributed by atoms with E-state index in [9.17, 15) is 9.90 Å². The van der Waals surface area contributed by atoms with Crippen molar-refractivity contribution in [3.8, 4) is 17.1 Å². The molecule has 8 heteroatoms. The van der Waals surface area contributed by atoms with Crippen LogP contribution in [0.4, 0.5) is 0 Å². The second-order valence-corrected chi connectivity index (χ2v) is 6.15. The molecule has 0 amide bonds. The maximum absolute atomic E-state index is 12.0. The number of ether oxygens (including phenoxy) is 1. The van der Waals surface area contributed by atoms with Crippen molar-refractivity contribution < 1.29 is 19.2 Å². The molecule has 8 nitrogen and oxygen atoms in total. The summed E-state index contributed by atoms with van der Waals surface area (Å²) in [5.41, 5.74) is 2.24. The first-order valence-electron chi connectivity index (χ1n) is 8.30. The fraction of sp³-hybridized carbons (Fsp3) is 0.263. The van der Waals surface area contributed by atoms with Crippen LogP contribution in [-0.2, 0) is 11.3 Å². The van der Waals surface area contributed by atoms with Crippen molar-refractivity contribution >= 4 is 5.97 Å². The second kappa shape index (κ2) is 7.96. The third-order valence-corrected chi connectivity index (χ3v) is 4.13. The third-order valence-electron chi connectivity index (χ3n) is 4.13. The summed E-state index contributed by atoms with van der Waals surface area (Å²) < 4.78 is 10.6. The Balaban J connectivity index is 1.85. The lowest BCUT2D eigenvalue weighted by molar-refractivity contribution is -0.143.